The molecule has 0 saturated carbocycles. The zero-order valence-corrected chi connectivity index (χ0v) is 24.7. The van der Waals surface area contributed by atoms with Gasteiger partial charge in [-0.05, 0) is 67.2 Å². The molecule has 4 aromatic rings. The van der Waals surface area contributed by atoms with Crippen LogP contribution in [0, 0.1) is 0 Å². The molecule has 198 valence electrons. The summed E-state index contributed by atoms with van der Waals surface area (Å²) in [6.07, 6.45) is 3.10. The smallest absolute Gasteiger partial charge is 0.343 e. The highest BCUT2D eigenvalue weighted by molar-refractivity contribution is 9.10. The number of ether oxygens (including phenoxy) is 1. The maximum atomic E-state index is 14.3. The van der Waals surface area contributed by atoms with E-state index in [0.717, 1.165) is 32.4 Å². The zero-order valence-electron chi connectivity index (χ0n) is 22.2. The van der Waals surface area contributed by atoms with Gasteiger partial charge in [-0.25, -0.2) is 4.79 Å². The highest BCUT2D eigenvalue weighted by atomic mass is 79.9. The van der Waals surface area contributed by atoms with Gasteiger partial charge in [-0.1, -0.05) is 131 Å². The van der Waals surface area contributed by atoms with Crippen molar-refractivity contribution < 1.29 is 14.3 Å². The lowest BCUT2D eigenvalue weighted by Gasteiger charge is -2.31. The number of halogens is 1. The zero-order chi connectivity index (χ0) is 27.7. The van der Waals surface area contributed by atoms with Crippen molar-refractivity contribution >= 4 is 55.8 Å². The molecule has 0 aliphatic heterocycles. The monoisotopic (exact) mass is 598 g/mol. The van der Waals surface area contributed by atoms with E-state index < -0.39 is 12.9 Å². The fourth-order valence-corrected chi connectivity index (χ4v) is 9.53. The highest BCUT2D eigenvalue weighted by Gasteiger charge is 2.36. The molecule has 0 aliphatic carbocycles. The quantitative estimate of drug-likeness (QED) is 0.0891. The maximum absolute atomic E-state index is 14.3. The van der Waals surface area contributed by atoms with E-state index in [-0.39, 0.29) is 17.7 Å². The minimum absolute atomic E-state index is 0.179. The number of allylic oxidation sites excluding steroid dienone is 2. The maximum Gasteiger partial charge on any atom is 0.343 e. The van der Waals surface area contributed by atoms with Gasteiger partial charge in [-0.3, -0.25) is 4.79 Å². The molecular formula is C34H32BrO3P. The number of aryl methyl sites for hydroxylation is 1. The molecule has 0 spiro atoms. The van der Waals surface area contributed by atoms with Crippen LogP contribution in [0.1, 0.15) is 25.8 Å². The van der Waals surface area contributed by atoms with Crippen molar-refractivity contribution in [1.82, 2.24) is 0 Å². The van der Waals surface area contributed by atoms with Gasteiger partial charge in [0.2, 0.25) is 0 Å². The van der Waals surface area contributed by atoms with Crippen LogP contribution >= 0.6 is 22.8 Å². The minimum Gasteiger partial charge on any atom is -0.462 e. The number of ketones is 1. The van der Waals surface area contributed by atoms with Gasteiger partial charge in [0.25, 0.3) is 0 Å². The molecule has 5 heteroatoms. The second-order valence-corrected chi connectivity index (χ2v) is 13.4. The summed E-state index contributed by atoms with van der Waals surface area (Å²) >= 11 is 3.61. The van der Waals surface area contributed by atoms with Gasteiger partial charge in [0.15, 0.2) is 5.78 Å². The molecule has 0 atom stereocenters. The minimum atomic E-state index is -2.91. The number of carbonyl (C=O) groups excluding carboxylic acids is 2. The summed E-state index contributed by atoms with van der Waals surface area (Å²) in [6, 6.07) is 37.8. The molecule has 4 rings (SSSR count). The molecule has 0 unspecified atom stereocenters. The van der Waals surface area contributed by atoms with Gasteiger partial charge in [-0.2, -0.15) is 0 Å². The van der Waals surface area contributed by atoms with E-state index >= 15 is 0 Å². The molecule has 39 heavy (non-hydrogen) atoms. The Morgan fingerprint density at radius 1 is 0.744 bits per heavy atom. The van der Waals surface area contributed by atoms with Crippen molar-refractivity contribution in [2.75, 3.05) is 6.61 Å². The Labute approximate surface area is 239 Å². The topological polar surface area (TPSA) is 43.4 Å². The van der Waals surface area contributed by atoms with Crippen molar-refractivity contribution in [2.24, 2.45) is 0 Å². The number of rotatable bonds is 10. The van der Waals surface area contributed by atoms with Crippen molar-refractivity contribution in [3.8, 4) is 0 Å². The van der Waals surface area contributed by atoms with Crippen LogP contribution in [0.3, 0.4) is 0 Å². The Balaban J connectivity index is 1.99. The van der Waals surface area contributed by atoms with Gasteiger partial charge in [0.1, 0.15) is 5.29 Å². The highest BCUT2D eigenvalue weighted by Crippen LogP contribution is 2.46. The summed E-state index contributed by atoms with van der Waals surface area (Å²) < 4.78 is 6.66. The van der Waals surface area contributed by atoms with Crippen LogP contribution in [0.5, 0.6) is 0 Å². The number of esters is 1. The van der Waals surface area contributed by atoms with E-state index in [4.69, 9.17) is 4.74 Å². The van der Waals surface area contributed by atoms with Gasteiger partial charge in [-0.15, -0.1) is 0 Å². The fourth-order valence-electron chi connectivity index (χ4n) is 4.79. The number of benzene rings is 4. The van der Waals surface area contributed by atoms with Gasteiger partial charge >= 0.3 is 5.97 Å². The van der Waals surface area contributed by atoms with E-state index in [2.05, 4.69) is 22.0 Å². The predicted octanol–water partition coefficient (Wildman–Crippen LogP) is 6.63. The average Bonchev–Trinajstić information content (AvgIpc) is 2.97. The largest absolute Gasteiger partial charge is 0.462 e. The molecule has 0 aliphatic rings. The fraction of sp³-hybridized carbons (Fsp3) is 0.147. The Hall–Kier alpha value is -3.46. The second-order valence-electron chi connectivity index (χ2n) is 9.19. The Morgan fingerprint density at radius 2 is 1.21 bits per heavy atom. The van der Waals surface area contributed by atoms with E-state index in [9.17, 15) is 9.59 Å². The summed E-state index contributed by atoms with van der Waals surface area (Å²) in [7, 11) is 0. The first kappa shape index (κ1) is 28.5. The Morgan fingerprint density at radius 3 is 1.67 bits per heavy atom. The Bertz CT molecular complexity index is 1410. The number of hydrogen-bond acceptors (Lipinski definition) is 3. The molecule has 0 heterocycles. The lowest BCUT2D eigenvalue weighted by molar-refractivity contribution is -0.135. The molecular weight excluding hydrogens is 567 g/mol. The van der Waals surface area contributed by atoms with E-state index in [0.29, 0.717) is 6.42 Å². The normalized spacial score (nSPS) is 11.6. The molecule has 4 aromatic carbocycles. The predicted molar refractivity (Wildman–Crippen MR) is 168 cm³/mol. The van der Waals surface area contributed by atoms with E-state index in [1.807, 2.05) is 116 Å². The number of carbonyl (C=O) groups is 2. The summed E-state index contributed by atoms with van der Waals surface area (Å²) in [6.45, 7) is 0.993. The lowest BCUT2D eigenvalue weighted by atomic mass is 10.0. The first-order valence-corrected chi connectivity index (χ1v) is 15.6. The second kappa shape index (κ2) is 13.6. The van der Waals surface area contributed by atoms with Crippen LogP contribution in [-0.2, 0) is 20.7 Å². The van der Waals surface area contributed by atoms with Crippen molar-refractivity contribution in [3.63, 3.8) is 0 Å². The third-order valence-electron chi connectivity index (χ3n) is 6.59. The summed E-state index contributed by atoms with van der Waals surface area (Å²) in [5, 5.41) is 2.97. The van der Waals surface area contributed by atoms with Gasteiger partial charge in [0, 0.05) is 4.47 Å². The third kappa shape index (κ3) is 6.41. The van der Waals surface area contributed by atoms with Crippen LogP contribution in [0.25, 0.3) is 0 Å². The van der Waals surface area contributed by atoms with Crippen molar-refractivity contribution in [3.05, 3.63) is 137 Å². The van der Waals surface area contributed by atoms with Crippen LogP contribution in [0.4, 0.5) is 0 Å². The van der Waals surface area contributed by atoms with E-state index in [1.54, 1.807) is 13.0 Å². The molecule has 0 radical (unpaired) electrons. The molecule has 0 aromatic heterocycles. The van der Waals surface area contributed by atoms with Crippen molar-refractivity contribution in [2.45, 2.75) is 26.7 Å². The van der Waals surface area contributed by atoms with Gasteiger partial charge in [0.05, 0.1) is 6.61 Å². The Kier molecular flexibility index (Phi) is 9.92. The summed E-state index contributed by atoms with van der Waals surface area (Å²) in [5.74, 6) is -0.870. The molecule has 0 fully saturated rings. The molecule has 3 nitrogen and oxygen atoms in total. The lowest BCUT2D eigenvalue weighted by Crippen LogP contribution is -2.38. The van der Waals surface area contributed by atoms with Crippen LogP contribution in [0.15, 0.2) is 131 Å². The summed E-state index contributed by atoms with van der Waals surface area (Å²) in [5.41, 5.74) is 2.08. The van der Waals surface area contributed by atoms with Crippen LogP contribution in [0.2, 0.25) is 0 Å². The van der Waals surface area contributed by atoms with E-state index in [1.165, 1.54) is 5.56 Å². The molecule has 0 N–H and O–H groups in total. The first-order valence-electron chi connectivity index (χ1n) is 13.0. The summed E-state index contributed by atoms with van der Waals surface area (Å²) in [4.78, 5) is 28.2. The molecule has 0 bridgehead atoms. The van der Waals surface area contributed by atoms with Crippen molar-refractivity contribution in [1.29, 1.82) is 0 Å². The van der Waals surface area contributed by atoms with Crippen LogP contribution in [-0.4, -0.2) is 23.7 Å². The standard InChI is InChI=1S/C34H32BrO3P/c1-3-38-34(37)33(32(36)25-26(2)23-24-27-15-13-14-22-31(27)35)39(28-16-7-4-8-17-28,29-18-9-5-10-19-29)30-20-11-6-12-21-30/h4-22,25H,3,23-24H2,1-2H3/b26-25+. The number of hydrogen-bond donors (Lipinski definition) is 0. The third-order valence-corrected chi connectivity index (χ3v) is 11.7. The van der Waals surface area contributed by atoms with Gasteiger partial charge < -0.3 is 4.74 Å². The average molecular weight is 600 g/mol. The van der Waals surface area contributed by atoms with Crippen LogP contribution < -0.4 is 15.9 Å². The first-order chi connectivity index (χ1) is 19.0. The molecule has 0 saturated heterocycles. The SMILES string of the molecule is CCOC(=O)C(C(=O)/C=C(\C)CCc1ccccc1Br)=P(c1ccccc1)(c1ccccc1)c1ccccc1. The molecule has 0 amide bonds.